The zero-order valence-corrected chi connectivity index (χ0v) is 8.38. The van der Waals surface area contributed by atoms with E-state index < -0.39 is 0 Å². The van der Waals surface area contributed by atoms with Crippen molar-refractivity contribution in [1.29, 1.82) is 0 Å². The van der Waals surface area contributed by atoms with Gasteiger partial charge in [-0.05, 0) is 37.3 Å². The smallest absolute Gasteiger partial charge is 0.136 e. The van der Waals surface area contributed by atoms with Gasteiger partial charge in [-0.15, -0.1) is 0 Å². The number of aliphatic hydroxyl groups is 1. The van der Waals surface area contributed by atoms with Crippen molar-refractivity contribution in [1.82, 2.24) is 9.78 Å². The number of phenols is 1. The van der Waals surface area contributed by atoms with Gasteiger partial charge in [0, 0.05) is 11.3 Å². The van der Waals surface area contributed by atoms with Crippen LogP contribution in [0.2, 0.25) is 0 Å². The molecule has 2 N–H and O–H groups in total. The summed E-state index contributed by atoms with van der Waals surface area (Å²) in [6.45, 7) is 1.76. The van der Waals surface area contributed by atoms with Crippen molar-refractivity contribution in [3.63, 3.8) is 0 Å². The molecular weight excluding hydrogens is 192 g/mol. The predicted molar refractivity (Wildman–Crippen MR) is 56.3 cm³/mol. The van der Waals surface area contributed by atoms with Crippen LogP contribution in [-0.2, 0) is 6.73 Å². The molecule has 0 spiro atoms. The van der Waals surface area contributed by atoms with Crippen LogP contribution in [0.15, 0.2) is 30.3 Å². The van der Waals surface area contributed by atoms with Gasteiger partial charge in [0.25, 0.3) is 0 Å². The number of aromatic hydroxyl groups is 1. The van der Waals surface area contributed by atoms with Crippen LogP contribution in [0.5, 0.6) is 5.75 Å². The van der Waals surface area contributed by atoms with Gasteiger partial charge >= 0.3 is 0 Å². The second-order valence-electron chi connectivity index (χ2n) is 3.36. The van der Waals surface area contributed by atoms with Gasteiger partial charge in [0.05, 0.1) is 5.69 Å². The second-order valence-corrected chi connectivity index (χ2v) is 3.36. The summed E-state index contributed by atoms with van der Waals surface area (Å²) in [4.78, 5) is 0. The topological polar surface area (TPSA) is 58.3 Å². The quantitative estimate of drug-likeness (QED) is 0.779. The lowest BCUT2D eigenvalue weighted by atomic mass is 10.1. The van der Waals surface area contributed by atoms with E-state index >= 15 is 0 Å². The minimum atomic E-state index is -0.121. The van der Waals surface area contributed by atoms with Crippen LogP contribution in [0.25, 0.3) is 11.3 Å². The molecule has 0 bridgehead atoms. The fourth-order valence-electron chi connectivity index (χ4n) is 1.43. The average molecular weight is 204 g/mol. The highest BCUT2D eigenvalue weighted by Gasteiger charge is 2.05. The van der Waals surface area contributed by atoms with Gasteiger partial charge in [-0.1, -0.05) is 0 Å². The van der Waals surface area contributed by atoms with Crippen LogP contribution in [-0.4, -0.2) is 20.0 Å². The summed E-state index contributed by atoms with van der Waals surface area (Å²) in [5, 5.41) is 22.3. The van der Waals surface area contributed by atoms with E-state index in [1.807, 2.05) is 13.0 Å². The molecule has 0 saturated carbocycles. The largest absolute Gasteiger partial charge is 0.508 e. The molecule has 0 fully saturated rings. The Morgan fingerprint density at radius 3 is 2.47 bits per heavy atom. The molecule has 15 heavy (non-hydrogen) atoms. The van der Waals surface area contributed by atoms with Crippen LogP contribution in [0, 0.1) is 6.92 Å². The summed E-state index contributed by atoms with van der Waals surface area (Å²) in [6, 6.07) is 8.70. The molecule has 0 unspecified atom stereocenters. The second kappa shape index (κ2) is 3.74. The lowest BCUT2D eigenvalue weighted by Crippen LogP contribution is -2.00. The third kappa shape index (κ3) is 1.85. The fraction of sp³-hybridized carbons (Fsp3) is 0.182. The van der Waals surface area contributed by atoms with Crippen molar-refractivity contribution in [3.8, 4) is 17.0 Å². The van der Waals surface area contributed by atoms with E-state index in [1.54, 1.807) is 24.3 Å². The molecule has 0 amide bonds. The number of hydrogen-bond donors (Lipinski definition) is 2. The van der Waals surface area contributed by atoms with Crippen molar-refractivity contribution >= 4 is 0 Å². The van der Waals surface area contributed by atoms with Crippen LogP contribution in [0.4, 0.5) is 0 Å². The van der Waals surface area contributed by atoms with Gasteiger partial charge in [-0.3, -0.25) is 0 Å². The molecule has 1 heterocycles. The Morgan fingerprint density at radius 2 is 1.93 bits per heavy atom. The van der Waals surface area contributed by atoms with Crippen molar-refractivity contribution in [2.75, 3.05) is 0 Å². The third-order valence-electron chi connectivity index (χ3n) is 2.28. The Bertz CT molecular complexity index is 460. The Hall–Kier alpha value is -1.81. The molecule has 1 aromatic carbocycles. The third-order valence-corrected chi connectivity index (χ3v) is 2.28. The maximum atomic E-state index is 9.14. The molecule has 0 aliphatic heterocycles. The zero-order chi connectivity index (χ0) is 10.8. The van der Waals surface area contributed by atoms with E-state index in [0.29, 0.717) is 0 Å². The monoisotopic (exact) mass is 204 g/mol. The van der Waals surface area contributed by atoms with Crippen LogP contribution < -0.4 is 0 Å². The molecule has 0 atom stereocenters. The molecule has 0 aliphatic carbocycles. The van der Waals surface area contributed by atoms with Gasteiger partial charge in [-0.2, -0.15) is 5.10 Å². The first-order valence-electron chi connectivity index (χ1n) is 4.65. The minimum Gasteiger partial charge on any atom is -0.508 e. The van der Waals surface area contributed by atoms with E-state index in [4.69, 9.17) is 10.2 Å². The molecule has 0 saturated heterocycles. The summed E-state index contributed by atoms with van der Waals surface area (Å²) in [7, 11) is 0. The number of aliphatic hydroxyl groups excluding tert-OH is 1. The SMILES string of the molecule is Cc1cc(-c2ccc(O)cc2)nn1CO. The lowest BCUT2D eigenvalue weighted by Gasteiger charge is -1.97. The summed E-state index contributed by atoms with van der Waals surface area (Å²) < 4.78 is 1.52. The summed E-state index contributed by atoms with van der Waals surface area (Å²) >= 11 is 0. The van der Waals surface area contributed by atoms with Gasteiger partial charge < -0.3 is 10.2 Å². The number of phenolic OH excluding ortho intramolecular Hbond substituents is 1. The summed E-state index contributed by atoms with van der Waals surface area (Å²) in [5.74, 6) is 0.233. The summed E-state index contributed by atoms with van der Waals surface area (Å²) in [6.07, 6.45) is 0. The van der Waals surface area contributed by atoms with Crippen molar-refractivity contribution < 1.29 is 10.2 Å². The first kappa shape index (κ1) is 9.73. The normalized spacial score (nSPS) is 10.5. The Kier molecular flexibility index (Phi) is 2.43. The highest BCUT2D eigenvalue weighted by Crippen LogP contribution is 2.21. The Morgan fingerprint density at radius 1 is 1.27 bits per heavy atom. The van der Waals surface area contributed by atoms with E-state index in [2.05, 4.69) is 5.10 Å². The first-order valence-corrected chi connectivity index (χ1v) is 4.65. The highest BCUT2D eigenvalue weighted by atomic mass is 16.3. The van der Waals surface area contributed by atoms with Gasteiger partial charge in [0.2, 0.25) is 0 Å². The van der Waals surface area contributed by atoms with Crippen LogP contribution >= 0.6 is 0 Å². The van der Waals surface area contributed by atoms with Crippen molar-refractivity contribution in [2.24, 2.45) is 0 Å². The van der Waals surface area contributed by atoms with Crippen LogP contribution in [0.1, 0.15) is 5.69 Å². The maximum absolute atomic E-state index is 9.14. The molecule has 2 rings (SSSR count). The average Bonchev–Trinajstić information content (AvgIpc) is 2.61. The highest BCUT2D eigenvalue weighted by molar-refractivity contribution is 5.60. The molecule has 4 heteroatoms. The number of benzene rings is 1. The molecule has 1 aromatic heterocycles. The standard InChI is InChI=1S/C11H12N2O2/c1-8-6-11(12-13(8)7-14)9-2-4-10(15)5-3-9/h2-6,14-15H,7H2,1H3. The van der Waals surface area contributed by atoms with Gasteiger partial charge in [0.1, 0.15) is 12.5 Å². The number of aryl methyl sites for hydroxylation is 1. The van der Waals surface area contributed by atoms with E-state index in [-0.39, 0.29) is 12.5 Å². The van der Waals surface area contributed by atoms with E-state index in [9.17, 15) is 0 Å². The number of nitrogens with zero attached hydrogens (tertiary/aromatic N) is 2. The molecule has 0 aliphatic rings. The molecule has 0 radical (unpaired) electrons. The minimum absolute atomic E-state index is 0.121. The Balaban J connectivity index is 2.41. The molecule has 4 nitrogen and oxygen atoms in total. The summed E-state index contributed by atoms with van der Waals surface area (Å²) in [5.41, 5.74) is 2.62. The maximum Gasteiger partial charge on any atom is 0.136 e. The lowest BCUT2D eigenvalue weighted by molar-refractivity contribution is 0.193. The Labute approximate surface area is 87.4 Å². The van der Waals surface area contributed by atoms with E-state index in [1.165, 1.54) is 4.68 Å². The van der Waals surface area contributed by atoms with Crippen LogP contribution in [0.3, 0.4) is 0 Å². The predicted octanol–water partition coefficient (Wildman–Crippen LogP) is 1.51. The molecule has 78 valence electrons. The number of aromatic nitrogens is 2. The number of hydrogen-bond acceptors (Lipinski definition) is 3. The molecule has 2 aromatic rings. The van der Waals surface area contributed by atoms with Crippen molar-refractivity contribution in [3.05, 3.63) is 36.0 Å². The van der Waals surface area contributed by atoms with Gasteiger partial charge in [0.15, 0.2) is 0 Å². The van der Waals surface area contributed by atoms with E-state index in [0.717, 1.165) is 17.0 Å². The first-order chi connectivity index (χ1) is 7.20. The van der Waals surface area contributed by atoms with Crippen molar-refractivity contribution in [2.45, 2.75) is 13.7 Å². The zero-order valence-electron chi connectivity index (χ0n) is 8.38. The number of rotatable bonds is 2. The van der Waals surface area contributed by atoms with Gasteiger partial charge in [-0.25, -0.2) is 4.68 Å². The molecular formula is C11H12N2O2. The fourth-order valence-corrected chi connectivity index (χ4v) is 1.43.